The first-order valence-corrected chi connectivity index (χ1v) is 10.1. The van der Waals surface area contributed by atoms with Crippen LogP contribution in [0.4, 0.5) is 5.82 Å². The monoisotopic (exact) mass is 407 g/mol. The van der Waals surface area contributed by atoms with Gasteiger partial charge >= 0.3 is 0 Å². The van der Waals surface area contributed by atoms with Gasteiger partial charge in [-0.2, -0.15) is 0 Å². The number of nitrogens with zero attached hydrogens (tertiary/aromatic N) is 5. The zero-order valence-corrected chi connectivity index (χ0v) is 17.7. The van der Waals surface area contributed by atoms with Crippen LogP contribution >= 0.6 is 0 Å². The molecule has 0 aliphatic carbocycles. The Balaban J connectivity index is 1.88. The van der Waals surface area contributed by atoms with E-state index in [2.05, 4.69) is 33.7 Å². The molecule has 3 unspecified atom stereocenters. The van der Waals surface area contributed by atoms with Crippen molar-refractivity contribution in [1.29, 1.82) is 0 Å². The van der Waals surface area contributed by atoms with Crippen LogP contribution in [-0.4, -0.2) is 80.3 Å². The minimum Gasteiger partial charge on any atom is -0.382 e. The van der Waals surface area contributed by atoms with Crippen LogP contribution in [0.1, 0.15) is 33.7 Å². The van der Waals surface area contributed by atoms with Gasteiger partial charge in [-0.15, -0.1) is 0 Å². The summed E-state index contributed by atoms with van der Waals surface area (Å²) >= 11 is 0. The molecule has 1 aliphatic rings. The molecule has 1 aliphatic heterocycles. The molecule has 3 atom stereocenters. The Kier molecular flexibility index (Phi) is 6.69. The number of rotatable bonds is 9. The highest BCUT2D eigenvalue weighted by molar-refractivity contribution is 5.81. The van der Waals surface area contributed by atoms with Crippen LogP contribution < -0.4 is 11.5 Å². The molecule has 0 spiro atoms. The van der Waals surface area contributed by atoms with Crippen molar-refractivity contribution in [3.8, 4) is 0 Å². The Hall–Kier alpha value is -1.85. The number of fused-ring (bicyclic) bond motifs is 1. The fourth-order valence-electron chi connectivity index (χ4n) is 3.87. The summed E-state index contributed by atoms with van der Waals surface area (Å²) in [5.74, 6) is -0.476. The van der Waals surface area contributed by atoms with Gasteiger partial charge < -0.3 is 30.6 Å². The third kappa shape index (κ3) is 5.20. The van der Waals surface area contributed by atoms with Crippen molar-refractivity contribution >= 4 is 17.0 Å². The van der Waals surface area contributed by atoms with Gasteiger partial charge in [0, 0.05) is 26.2 Å². The summed E-state index contributed by atoms with van der Waals surface area (Å²) in [4.78, 5) is 15.0. The molecule has 0 saturated carbocycles. The van der Waals surface area contributed by atoms with Crippen LogP contribution in [-0.2, 0) is 9.47 Å². The lowest BCUT2D eigenvalue weighted by Gasteiger charge is -2.33. The number of anilines is 1. The molecule has 3 rings (SSSR count). The van der Waals surface area contributed by atoms with E-state index in [-0.39, 0.29) is 12.1 Å². The van der Waals surface area contributed by atoms with Gasteiger partial charge in [0.15, 0.2) is 17.3 Å². The van der Waals surface area contributed by atoms with E-state index >= 15 is 0 Å². The van der Waals surface area contributed by atoms with Crippen LogP contribution in [0.2, 0.25) is 0 Å². The maximum atomic E-state index is 10.4. The fraction of sp³-hybridized carbons (Fsp3) is 0.737. The van der Waals surface area contributed by atoms with E-state index in [1.54, 1.807) is 20.2 Å². The Morgan fingerprint density at radius 2 is 2.14 bits per heavy atom. The molecule has 0 aromatic carbocycles. The van der Waals surface area contributed by atoms with E-state index in [1.807, 2.05) is 4.57 Å². The second-order valence-electron chi connectivity index (χ2n) is 8.49. The van der Waals surface area contributed by atoms with Gasteiger partial charge in [0.2, 0.25) is 0 Å². The van der Waals surface area contributed by atoms with Gasteiger partial charge in [-0.25, -0.2) is 15.0 Å². The van der Waals surface area contributed by atoms with Crippen molar-refractivity contribution in [1.82, 2.24) is 24.4 Å². The number of imidazole rings is 1. The first-order valence-electron chi connectivity index (χ1n) is 10.1. The highest BCUT2D eigenvalue weighted by Crippen LogP contribution is 2.33. The average Bonchev–Trinajstić information content (AvgIpc) is 3.19. The van der Waals surface area contributed by atoms with Crippen LogP contribution in [0.3, 0.4) is 0 Å². The molecular weight excluding hydrogens is 374 g/mol. The Bertz CT molecular complexity index is 805. The first kappa shape index (κ1) is 21.8. The van der Waals surface area contributed by atoms with Gasteiger partial charge in [-0.05, 0) is 19.8 Å². The van der Waals surface area contributed by atoms with Gasteiger partial charge in [-0.3, -0.25) is 4.90 Å². The number of aliphatic hydroxyl groups is 1. The van der Waals surface area contributed by atoms with Crippen molar-refractivity contribution in [2.24, 2.45) is 11.7 Å². The third-order valence-electron chi connectivity index (χ3n) is 4.90. The Labute approximate surface area is 171 Å². The van der Waals surface area contributed by atoms with E-state index in [0.717, 1.165) is 13.1 Å². The smallest absolute Gasteiger partial charge is 0.165 e. The van der Waals surface area contributed by atoms with Gasteiger partial charge in [0.25, 0.3) is 0 Å². The summed E-state index contributed by atoms with van der Waals surface area (Å²) in [5.41, 5.74) is 12.9. The zero-order chi connectivity index (χ0) is 21.2. The summed E-state index contributed by atoms with van der Waals surface area (Å²) in [6.07, 6.45) is 2.48. The quantitative estimate of drug-likeness (QED) is 0.504. The topological polar surface area (TPSA) is 138 Å². The molecule has 10 nitrogen and oxygen atoms in total. The van der Waals surface area contributed by atoms with E-state index in [1.165, 1.54) is 6.33 Å². The second-order valence-corrected chi connectivity index (χ2v) is 8.49. The maximum Gasteiger partial charge on any atom is 0.165 e. The molecule has 2 aromatic rings. The number of ether oxygens (including phenoxy) is 2. The molecule has 29 heavy (non-hydrogen) atoms. The molecule has 0 radical (unpaired) electrons. The van der Waals surface area contributed by atoms with Crippen LogP contribution in [0, 0.1) is 5.92 Å². The molecule has 0 amide bonds. The molecule has 162 valence electrons. The largest absolute Gasteiger partial charge is 0.382 e. The van der Waals surface area contributed by atoms with Gasteiger partial charge in [0.05, 0.1) is 25.1 Å². The van der Waals surface area contributed by atoms with E-state index < -0.39 is 11.9 Å². The molecule has 0 bridgehead atoms. The summed E-state index contributed by atoms with van der Waals surface area (Å²) in [5, 5.41) is 10.4. The minimum atomic E-state index is -1.31. The molecule has 5 N–H and O–H groups in total. The van der Waals surface area contributed by atoms with Crippen molar-refractivity contribution in [2.45, 2.75) is 51.7 Å². The van der Waals surface area contributed by atoms with E-state index in [4.69, 9.17) is 20.9 Å². The average molecular weight is 408 g/mol. The lowest BCUT2D eigenvalue weighted by molar-refractivity contribution is -0.220. The first-order chi connectivity index (χ1) is 13.7. The lowest BCUT2D eigenvalue weighted by Crippen LogP contribution is -2.46. The predicted molar refractivity (Wildman–Crippen MR) is 110 cm³/mol. The third-order valence-corrected chi connectivity index (χ3v) is 4.90. The molecule has 1 fully saturated rings. The fourth-order valence-corrected chi connectivity index (χ4v) is 3.87. The van der Waals surface area contributed by atoms with Gasteiger partial charge in [-0.1, -0.05) is 13.8 Å². The standard InChI is InChI=1S/C19H33N7O3/c1-12(2)7-25(6-5-20)8-14-16(29-19(3,4)27)13(9-28-14)26-11-24-15-17(21)22-10-23-18(15)26/h10-14,16,27H,5-9,20H2,1-4H3,(H2,21,22,23). The molecule has 2 aromatic heterocycles. The summed E-state index contributed by atoms with van der Waals surface area (Å²) in [7, 11) is 0. The van der Waals surface area contributed by atoms with Crippen LogP contribution in [0.15, 0.2) is 12.7 Å². The van der Waals surface area contributed by atoms with Crippen molar-refractivity contribution in [3.05, 3.63) is 12.7 Å². The van der Waals surface area contributed by atoms with Crippen molar-refractivity contribution < 1.29 is 14.6 Å². The zero-order valence-electron chi connectivity index (χ0n) is 17.7. The predicted octanol–water partition coefficient (Wildman–Crippen LogP) is 0.379. The van der Waals surface area contributed by atoms with E-state index in [0.29, 0.717) is 42.6 Å². The minimum absolute atomic E-state index is 0.204. The Morgan fingerprint density at radius 3 is 2.79 bits per heavy atom. The molecule has 3 heterocycles. The summed E-state index contributed by atoms with van der Waals surface area (Å²) < 4.78 is 14.1. The number of hydrogen-bond acceptors (Lipinski definition) is 9. The van der Waals surface area contributed by atoms with Crippen LogP contribution in [0.5, 0.6) is 0 Å². The molecule has 10 heteroatoms. The number of aromatic nitrogens is 4. The highest BCUT2D eigenvalue weighted by atomic mass is 16.6. The highest BCUT2D eigenvalue weighted by Gasteiger charge is 2.43. The number of nitrogen functional groups attached to an aromatic ring is 1. The van der Waals surface area contributed by atoms with Gasteiger partial charge in [0.1, 0.15) is 17.9 Å². The summed E-state index contributed by atoms with van der Waals surface area (Å²) in [6, 6.07) is -0.204. The van der Waals surface area contributed by atoms with Crippen molar-refractivity contribution in [2.75, 3.05) is 38.5 Å². The van der Waals surface area contributed by atoms with E-state index in [9.17, 15) is 5.11 Å². The molecular formula is C19H33N7O3. The van der Waals surface area contributed by atoms with Crippen LogP contribution in [0.25, 0.3) is 11.2 Å². The maximum absolute atomic E-state index is 10.4. The van der Waals surface area contributed by atoms with Crippen molar-refractivity contribution in [3.63, 3.8) is 0 Å². The normalized spacial score (nSPS) is 23.0. The molecule has 1 saturated heterocycles. The summed E-state index contributed by atoms with van der Waals surface area (Å²) in [6.45, 7) is 10.9. The Morgan fingerprint density at radius 1 is 1.38 bits per heavy atom. The number of hydrogen-bond donors (Lipinski definition) is 3. The second kappa shape index (κ2) is 8.88. The number of nitrogens with two attached hydrogens (primary N) is 2. The lowest BCUT2D eigenvalue weighted by atomic mass is 10.1. The SMILES string of the molecule is CC(C)CN(CCN)CC1OCC(n2cnc3c(N)ncnc32)C1OC(C)(C)O.